The summed E-state index contributed by atoms with van der Waals surface area (Å²) in [5.74, 6) is 1.54. The van der Waals surface area contributed by atoms with Crippen molar-refractivity contribution in [3.05, 3.63) is 60.2 Å². The molecular weight excluding hydrogens is 292 g/mol. The number of hydrogen-bond acceptors (Lipinski definition) is 3. The Hall–Kier alpha value is -2.53. The van der Waals surface area contributed by atoms with E-state index in [2.05, 4.69) is 5.32 Å². The van der Waals surface area contributed by atoms with E-state index >= 15 is 0 Å². The number of urea groups is 1. The smallest absolute Gasteiger partial charge is 0.317 e. The number of benzene rings is 2. The average molecular weight is 314 g/mol. The third-order valence-electron chi connectivity index (χ3n) is 3.38. The number of rotatable bonds is 7. The molecule has 0 aliphatic rings. The summed E-state index contributed by atoms with van der Waals surface area (Å²) in [5.41, 5.74) is 0.985. The van der Waals surface area contributed by atoms with Gasteiger partial charge in [0.1, 0.15) is 11.5 Å². The zero-order valence-electron chi connectivity index (χ0n) is 13.2. The van der Waals surface area contributed by atoms with Crippen LogP contribution in [0.4, 0.5) is 4.79 Å². The Kier molecular flexibility index (Phi) is 6.44. The summed E-state index contributed by atoms with van der Waals surface area (Å²) in [5, 5.41) is 11.8. The van der Waals surface area contributed by atoms with Crippen molar-refractivity contribution in [3.63, 3.8) is 0 Å². The molecule has 0 aromatic heterocycles. The van der Waals surface area contributed by atoms with Gasteiger partial charge in [0, 0.05) is 19.6 Å². The second-order valence-electron chi connectivity index (χ2n) is 5.02. The summed E-state index contributed by atoms with van der Waals surface area (Å²) in [4.78, 5) is 13.5. The van der Waals surface area contributed by atoms with Crippen molar-refractivity contribution in [2.24, 2.45) is 0 Å². The first kappa shape index (κ1) is 16.8. The van der Waals surface area contributed by atoms with Gasteiger partial charge in [-0.2, -0.15) is 0 Å². The molecule has 122 valence electrons. The first-order valence-electron chi connectivity index (χ1n) is 7.68. The predicted octanol–water partition coefficient (Wildman–Crippen LogP) is 3.00. The molecule has 0 spiro atoms. The van der Waals surface area contributed by atoms with Crippen LogP contribution in [0.15, 0.2) is 54.6 Å². The van der Waals surface area contributed by atoms with Crippen molar-refractivity contribution < 1.29 is 14.6 Å². The molecule has 2 amide bonds. The Morgan fingerprint density at radius 2 is 1.74 bits per heavy atom. The average Bonchev–Trinajstić information content (AvgIpc) is 2.59. The van der Waals surface area contributed by atoms with Gasteiger partial charge < -0.3 is 20.1 Å². The Morgan fingerprint density at radius 3 is 2.35 bits per heavy atom. The Balaban J connectivity index is 1.86. The number of carbonyl (C=O) groups excluding carboxylic acids is 1. The summed E-state index contributed by atoms with van der Waals surface area (Å²) < 4.78 is 5.72. The summed E-state index contributed by atoms with van der Waals surface area (Å²) in [7, 11) is 0. The fraction of sp³-hybridized carbons (Fsp3) is 0.278. The maximum Gasteiger partial charge on any atom is 0.317 e. The highest BCUT2D eigenvalue weighted by Gasteiger charge is 2.09. The van der Waals surface area contributed by atoms with Crippen molar-refractivity contribution in [1.29, 1.82) is 0 Å². The van der Waals surface area contributed by atoms with E-state index in [-0.39, 0.29) is 12.6 Å². The number of para-hydroxylation sites is 1. The third kappa shape index (κ3) is 5.30. The molecule has 0 bridgehead atoms. The van der Waals surface area contributed by atoms with E-state index in [1.54, 1.807) is 4.90 Å². The zero-order chi connectivity index (χ0) is 16.5. The van der Waals surface area contributed by atoms with Crippen LogP contribution in [0.5, 0.6) is 11.5 Å². The van der Waals surface area contributed by atoms with E-state index in [0.29, 0.717) is 19.6 Å². The molecule has 0 radical (unpaired) electrons. The molecule has 23 heavy (non-hydrogen) atoms. The van der Waals surface area contributed by atoms with Crippen LogP contribution in [-0.2, 0) is 6.54 Å². The third-order valence-corrected chi connectivity index (χ3v) is 3.38. The van der Waals surface area contributed by atoms with E-state index in [0.717, 1.165) is 17.1 Å². The van der Waals surface area contributed by atoms with E-state index in [9.17, 15) is 4.79 Å². The first-order chi connectivity index (χ1) is 11.2. The number of nitrogens with one attached hydrogen (secondary N) is 1. The zero-order valence-corrected chi connectivity index (χ0v) is 13.2. The Bertz CT molecular complexity index is 599. The van der Waals surface area contributed by atoms with Crippen molar-refractivity contribution in [3.8, 4) is 11.5 Å². The van der Waals surface area contributed by atoms with Gasteiger partial charge in [0.15, 0.2) is 0 Å². The quantitative estimate of drug-likeness (QED) is 0.826. The van der Waals surface area contributed by atoms with Crippen LogP contribution in [0.25, 0.3) is 0 Å². The normalized spacial score (nSPS) is 10.2. The minimum absolute atomic E-state index is 0.0349. The molecule has 0 fully saturated rings. The van der Waals surface area contributed by atoms with Crippen molar-refractivity contribution >= 4 is 6.03 Å². The molecule has 0 aliphatic carbocycles. The van der Waals surface area contributed by atoms with Gasteiger partial charge in [-0.05, 0) is 36.8 Å². The van der Waals surface area contributed by atoms with Crippen LogP contribution in [-0.4, -0.2) is 35.7 Å². The molecule has 0 saturated carbocycles. The van der Waals surface area contributed by atoms with Crippen LogP contribution >= 0.6 is 0 Å². The maximum absolute atomic E-state index is 11.9. The molecule has 0 saturated heterocycles. The van der Waals surface area contributed by atoms with E-state index in [1.807, 2.05) is 61.5 Å². The second-order valence-corrected chi connectivity index (χ2v) is 5.02. The molecule has 0 unspecified atom stereocenters. The highest BCUT2D eigenvalue weighted by atomic mass is 16.5. The molecular formula is C18H22N2O3. The van der Waals surface area contributed by atoms with Gasteiger partial charge in [0.2, 0.25) is 0 Å². The predicted molar refractivity (Wildman–Crippen MR) is 89.5 cm³/mol. The Morgan fingerprint density at radius 1 is 1.09 bits per heavy atom. The van der Waals surface area contributed by atoms with Crippen LogP contribution in [0.1, 0.15) is 12.5 Å². The van der Waals surface area contributed by atoms with E-state index < -0.39 is 0 Å². The van der Waals surface area contributed by atoms with Gasteiger partial charge >= 0.3 is 6.03 Å². The van der Waals surface area contributed by atoms with E-state index in [4.69, 9.17) is 9.84 Å². The lowest BCUT2D eigenvalue weighted by atomic mass is 10.2. The molecule has 5 nitrogen and oxygen atoms in total. The van der Waals surface area contributed by atoms with Gasteiger partial charge in [-0.25, -0.2) is 4.79 Å². The Labute approximate surface area is 136 Å². The number of nitrogens with zero attached hydrogens (tertiary/aromatic N) is 1. The van der Waals surface area contributed by atoms with Gasteiger partial charge in [-0.1, -0.05) is 30.3 Å². The van der Waals surface area contributed by atoms with Gasteiger partial charge in [0.25, 0.3) is 0 Å². The van der Waals surface area contributed by atoms with E-state index in [1.165, 1.54) is 0 Å². The molecule has 2 N–H and O–H groups in total. The number of amides is 2. The van der Waals surface area contributed by atoms with Gasteiger partial charge in [-0.15, -0.1) is 0 Å². The van der Waals surface area contributed by atoms with Crippen LogP contribution in [0, 0.1) is 0 Å². The number of carbonyl (C=O) groups is 1. The largest absolute Gasteiger partial charge is 0.457 e. The lowest BCUT2D eigenvalue weighted by Crippen LogP contribution is -2.40. The molecule has 2 aromatic rings. The van der Waals surface area contributed by atoms with Crippen molar-refractivity contribution in [2.45, 2.75) is 13.5 Å². The number of likely N-dealkylation sites (N-methyl/N-ethyl adjacent to an activating group) is 1. The fourth-order valence-electron chi connectivity index (χ4n) is 2.11. The van der Waals surface area contributed by atoms with Gasteiger partial charge in [-0.3, -0.25) is 0 Å². The molecule has 0 atom stereocenters. The fourth-order valence-corrected chi connectivity index (χ4v) is 2.11. The number of aliphatic hydroxyl groups excluding tert-OH is 1. The SMILES string of the molecule is CCN(CCO)C(=O)NCc1ccc(Oc2ccccc2)cc1. The monoisotopic (exact) mass is 314 g/mol. The van der Waals surface area contributed by atoms with Crippen molar-refractivity contribution in [1.82, 2.24) is 10.2 Å². The maximum atomic E-state index is 11.9. The standard InChI is InChI=1S/C18H22N2O3/c1-2-20(12-13-21)18(22)19-14-15-8-10-17(11-9-15)23-16-6-4-3-5-7-16/h3-11,21H,2,12-14H2,1H3,(H,19,22). The first-order valence-corrected chi connectivity index (χ1v) is 7.68. The minimum Gasteiger partial charge on any atom is -0.457 e. The minimum atomic E-state index is -0.175. The van der Waals surface area contributed by atoms with Crippen LogP contribution in [0.3, 0.4) is 0 Å². The number of aliphatic hydroxyl groups is 1. The molecule has 5 heteroatoms. The lowest BCUT2D eigenvalue weighted by molar-refractivity contribution is 0.180. The number of hydrogen-bond donors (Lipinski definition) is 2. The molecule has 0 heterocycles. The van der Waals surface area contributed by atoms with Gasteiger partial charge in [0.05, 0.1) is 6.61 Å². The lowest BCUT2D eigenvalue weighted by Gasteiger charge is -2.20. The summed E-state index contributed by atoms with van der Waals surface area (Å²) in [6.45, 7) is 3.19. The van der Waals surface area contributed by atoms with Crippen molar-refractivity contribution in [2.75, 3.05) is 19.7 Å². The highest BCUT2D eigenvalue weighted by molar-refractivity contribution is 5.74. The van der Waals surface area contributed by atoms with Crippen LogP contribution < -0.4 is 10.1 Å². The number of ether oxygens (including phenoxy) is 1. The van der Waals surface area contributed by atoms with Crippen LogP contribution in [0.2, 0.25) is 0 Å². The highest BCUT2D eigenvalue weighted by Crippen LogP contribution is 2.21. The summed E-state index contributed by atoms with van der Waals surface area (Å²) >= 11 is 0. The topological polar surface area (TPSA) is 61.8 Å². The molecule has 2 aromatic carbocycles. The summed E-state index contributed by atoms with van der Waals surface area (Å²) in [6, 6.07) is 17.0. The summed E-state index contributed by atoms with van der Waals surface area (Å²) in [6.07, 6.45) is 0. The molecule has 0 aliphatic heterocycles. The second kappa shape index (κ2) is 8.80. The molecule has 2 rings (SSSR count).